The first kappa shape index (κ1) is 13.0. The number of rotatable bonds is 2. The van der Waals surface area contributed by atoms with Crippen molar-refractivity contribution in [2.24, 2.45) is 5.14 Å². The number of benzene rings is 2. The van der Waals surface area contributed by atoms with Crippen LogP contribution in [0.3, 0.4) is 0 Å². The molecule has 18 heavy (non-hydrogen) atoms. The Morgan fingerprint density at radius 3 is 1.83 bits per heavy atom. The molecule has 0 aromatic heterocycles. The summed E-state index contributed by atoms with van der Waals surface area (Å²) in [6.07, 6.45) is 0. The van der Waals surface area contributed by atoms with Gasteiger partial charge in [-0.25, -0.2) is 13.6 Å². The molecule has 0 saturated carbocycles. The Kier molecular flexibility index (Phi) is 2.90. The van der Waals surface area contributed by atoms with Gasteiger partial charge in [-0.05, 0) is 35.0 Å². The van der Waals surface area contributed by atoms with E-state index < -0.39 is 20.1 Å². The summed E-state index contributed by atoms with van der Waals surface area (Å²) >= 11 is 0. The molecule has 0 aliphatic carbocycles. The minimum Gasteiger partial charge on any atom is -0.282 e. The van der Waals surface area contributed by atoms with Crippen molar-refractivity contribution in [3.63, 3.8) is 0 Å². The van der Waals surface area contributed by atoms with Gasteiger partial charge < -0.3 is 0 Å². The summed E-state index contributed by atoms with van der Waals surface area (Å²) in [5.74, 6) is 0. The van der Waals surface area contributed by atoms with Crippen molar-refractivity contribution >= 4 is 30.9 Å². The van der Waals surface area contributed by atoms with Crippen LogP contribution in [0.1, 0.15) is 0 Å². The van der Waals surface area contributed by atoms with E-state index in [4.69, 9.17) is 9.69 Å². The Morgan fingerprint density at radius 2 is 1.33 bits per heavy atom. The Labute approximate surface area is 104 Å². The number of primary sulfonamides is 1. The molecule has 0 radical (unpaired) electrons. The van der Waals surface area contributed by atoms with Crippen LogP contribution in [0.5, 0.6) is 0 Å². The number of sulfonamides is 1. The van der Waals surface area contributed by atoms with E-state index in [0.29, 0.717) is 10.8 Å². The van der Waals surface area contributed by atoms with Crippen LogP contribution in [0.2, 0.25) is 0 Å². The highest BCUT2D eigenvalue weighted by atomic mass is 32.2. The topological polar surface area (TPSA) is 115 Å². The lowest BCUT2D eigenvalue weighted by atomic mass is 10.1. The fraction of sp³-hybridized carbons (Fsp3) is 0. The van der Waals surface area contributed by atoms with E-state index in [-0.39, 0.29) is 9.79 Å². The monoisotopic (exact) mass is 287 g/mol. The van der Waals surface area contributed by atoms with Crippen molar-refractivity contribution < 1.29 is 21.4 Å². The van der Waals surface area contributed by atoms with Gasteiger partial charge in [0.25, 0.3) is 10.1 Å². The van der Waals surface area contributed by atoms with Gasteiger partial charge in [-0.3, -0.25) is 4.55 Å². The van der Waals surface area contributed by atoms with Crippen LogP contribution >= 0.6 is 0 Å². The smallest absolute Gasteiger partial charge is 0.282 e. The summed E-state index contributed by atoms with van der Waals surface area (Å²) in [7, 11) is -8.18. The predicted molar refractivity (Wildman–Crippen MR) is 65.1 cm³/mol. The molecule has 0 unspecified atom stereocenters. The molecule has 0 saturated heterocycles. The third-order valence-electron chi connectivity index (χ3n) is 2.41. The minimum atomic E-state index is -4.32. The van der Waals surface area contributed by atoms with Crippen molar-refractivity contribution in [2.45, 2.75) is 9.79 Å². The Morgan fingerprint density at radius 1 is 0.833 bits per heavy atom. The Balaban J connectivity index is 2.76. The standard InChI is InChI=1S/C10H9NO5S2/c11-17(12,13)9-3-1-7-2-4-10(18(14,15)16)6-8(7)5-9/h1-6H,(H2,11,12,13)(H,14,15,16). The van der Waals surface area contributed by atoms with E-state index in [0.717, 1.165) is 0 Å². The lowest BCUT2D eigenvalue weighted by Crippen LogP contribution is -2.11. The van der Waals surface area contributed by atoms with Gasteiger partial charge in [-0.15, -0.1) is 0 Å². The van der Waals surface area contributed by atoms with Gasteiger partial charge in [0.1, 0.15) is 0 Å². The zero-order valence-electron chi connectivity index (χ0n) is 8.94. The largest absolute Gasteiger partial charge is 0.294 e. The molecule has 0 aliphatic rings. The zero-order valence-corrected chi connectivity index (χ0v) is 10.6. The zero-order chi connectivity index (χ0) is 13.6. The van der Waals surface area contributed by atoms with Crippen LogP contribution < -0.4 is 5.14 Å². The molecule has 0 bridgehead atoms. The van der Waals surface area contributed by atoms with Crippen molar-refractivity contribution in [1.82, 2.24) is 0 Å². The maximum atomic E-state index is 11.2. The Bertz CT molecular complexity index is 758. The van der Waals surface area contributed by atoms with E-state index in [1.165, 1.54) is 36.4 Å². The van der Waals surface area contributed by atoms with Crippen molar-refractivity contribution in [1.29, 1.82) is 0 Å². The van der Waals surface area contributed by atoms with E-state index in [9.17, 15) is 16.8 Å². The van der Waals surface area contributed by atoms with Gasteiger partial charge in [0.2, 0.25) is 10.0 Å². The molecular formula is C10H9NO5S2. The molecule has 0 aliphatic heterocycles. The molecule has 0 heterocycles. The van der Waals surface area contributed by atoms with Gasteiger partial charge in [0.15, 0.2) is 0 Å². The maximum Gasteiger partial charge on any atom is 0.294 e. The van der Waals surface area contributed by atoms with E-state index >= 15 is 0 Å². The molecule has 0 spiro atoms. The third kappa shape index (κ3) is 2.51. The average molecular weight is 287 g/mol. The van der Waals surface area contributed by atoms with Crippen LogP contribution in [-0.2, 0) is 20.1 Å². The molecule has 2 aromatic rings. The third-order valence-corrected chi connectivity index (χ3v) is 4.17. The van der Waals surface area contributed by atoms with E-state index in [1.807, 2.05) is 0 Å². The summed E-state index contributed by atoms with van der Waals surface area (Å²) in [6.45, 7) is 0. The fourth-order valence-corrected chi connectivity index (χ4v) is 2.61. The molecule has 3 N–H and O–H groups in total. The van der Waals surface area contributed by atoms with Crippen LogP contribution in [0.25, 0.3) is 10.8 Å². The quantitative estimate of drug-likeness (QED) is 0.790. The molecule has 0 atom stereocenters. The number of hydrogen-bond donors (Lipinski definition) is 2. The SMILES string of the molecule is NS(=O)(=O)c1ccc2ccc(S(=O)(=O)O)cc2c1. The van der Waals surface area contributed by atoms with E-state index in [2.05, 4.69) is 0 Å². The van der Waals surface area contributed by atoms with Crippen LogP contribution in [0.15, 0.2) is 46.2 Å². The van der Waals surface area contributed by atoms with Crippen LogP contribution in [0, 0.1) is 0 Å². The van der Waals surface area contributed by atoms with Gasteiger partial charge in [0, 0.05) is 0 Å². The average Bonchev–Trinajstić information content (AvgIpc) is 2.25. The predicted octanol–water partition coefficient (Wildman–Crippen LogP) is 0.734. The number of hydrogen-bond acceptors (Lipinski definition) is 4. The summed E-state index contributed by atoms with van der Waals surface area (Å²) in [6, 6.07) is 7.95. The highest BCUT2D eigenvalue weighted by Crippen LogP contribution is 2.21. The fourth-order valence-electron chi connectivity index (χ4n) is 1.54. The lowest BCUT2D eigenvalue weighted by molar-refractivity contribution is 0.483. The highest BCUT2D eigenvalue weighted by molar-refractivity contribution is 7.89. The number of fused-ring (bicyclic) bond motifs is 1. The summed E-state index contributed by atoms with van der Waals surface area (Å²) in [4.78, 5) is -0.427. The normalized spacial score (nSPS) is 12.8. The second kappa shape index (κ2) is 4.02. The summed E-state index contributed by atoms with van der Waals surface area (Å²) in [5.41, 5.74) is 0. The maximum absolute atomic E-state index is 11.2. The van der Waals surface area contributed by atoms with Gasteiger partial charge >= 0.3 is 0 Å². The van der Waals surface area contributed by atoms with Crippen molar-refractivity contribution in [3.05, 3.63) is 36.4 Å². The molecule has 0 amide bonds. The summed E-state index contributed by atoms with van der Waals surface area (Å²) < 4.78 is 53.2. The van der Waals surface area contributed by atoms with Gasteiger partial charge in [-0.1, -0.05) is 12.1 Å². The first-order valence-electron chi connectivity index (χ1n) is 4.72. The molecule has 2 rings (SSSR count). The van der Waals surface area contributed by atoms with Gasteiger partial charge in [-0.2, -0.15) is 8.42 Å². The van der Waals surface area contributed by atoms with Crippen molar-refractivity contribution in [3.8, 4) is 0 Å². The molecule has 6 nitrogen and oxygen atoms in total. The van der Waals surface area contributed by atoms with Crippen molar-refractivity contribution in [2.75, 3.05) is 0 Å². The molecule has 8 heteroatoms. The Hall–Kier alpha value is -1.48. The van der Waals surface area contributed by atoms with Crippen LogP contribution in [-0.4, -0.2) is 21.4 Å². The first-order valence-corrected chi connectivity index (χ1v) is 7.71. The van der Waals surface area contributed by atoms with Gasteiger partial charge in [0.05, 0.1) is 9.79 Å². The summed E-state index contributed by atoms with van der Waals surface area (Å²) in [5, 5.41) is 5.97. The minimum absolute atomic E-state index is 0.123. The molecular weight excluding hydrogens is 278 g/mol. The second-order valence-corrected chi connectivity index (χ2v) is 6.67. The molecule has 96 valence electrons. The second-order valence-electron chi connectivity index (χ2n) is 3.69. The number of nitrogens with two attached hydrogens (primary N) is 1. The van der Waals surface area contributed by atoms with E-state index in [1.54, 1.807) is 0 Å². The lowest BCUT2D eigenvalue weighted by Gasteiger charge is -2.03. The molecule has 0 fully saturated rings. The highest BCUT2D eigenvalue weighted by Gasteiger charge is 2.12. The first-order chi connectivity index (χ1) is 8.18. The van der Waals surface area contributed by atoms with Crippen LogP contribution in [0.4, 0.5) is 0 Å². The molecule has 2 aromatic carbocycles.